The molecule has 1 N–H and O–H groups in total. The molecule has 0 saturated carbocycles. The largest absolute Gasteiger partial charge is 0.309 e. The first-order valence-electron chi connectivity index (χ1n) is 8.18. The normalized spacial score (nSPS) is 10.3. The highest BCUT2D eigenvalue weighted by Crippen LogP contribution is 2.15. The summed E-state index contributed by atoms with van der Waals surface area (Å²) in [5.74, 6) is -0.279. The number of anilines is 1. The molecule has 0 atom stereocenters. The Balaban J connectivity index is 1.79. The van der Waals surface area contributed by atoms with Crippen molar-refractivity contribution in [3.63, 3.8) is 0 Å². The van der Waals surface area contributed by atoms with Crippen LogP contribution in [-0.4, -0.2) is 32.7 Å². The highest BCUT2D eigenvalue weighted by molar-refractivity contribution is 5.91. The van der Waals surface area contributed by atoms with E-state index in [0.29, 0.717) is 23.4 Å². The maximum Gasteiger partial charge on any atom is 0.309 e. The number of aromatic nitrogens is 3. The lowest BCUT2D eigenvalue weighted by Crippen LogP contribution is -2.34. The second-order valence-electron chi connectivity index (χ2n) is 5.81. The van der Waals surface area contributed by atoms with Gasteiger partial charge in [0.15, 0.2) is 0 Å². The number of alkyl halides is 1. The van der Waals surface area contributed by atoms with Crippen molar-refractivity contribution >= 4 is 11.6 Å². The molecule has 1 heterocycles. The van der Waals surface area contributed by atoms with Crippen LogP contribution in [0.1, 0.15) is 21.7 Å². The fraction of sp³-hybridized carbons (Fsp3) is 0.158. The van der Waals surface area contributed by atoms with Gasteiger partial charge in [-0.2, -0.15) is 10.4 Å². The number of nitrogens with zero attached hydrogens (tertiary/aromatic N) is 5. The summed E-state index contributed by atoms with van der Waals surface area (Å²) in [6, 6.07) is 16.0. The van der Waals surface area contributed by atoms with Crippen molar-refractivity contribution in [2.45, 2.75) is 13.1 Å². The maximum atomic E-state index is 12.8. The van der Waals surface area contributed by atoms with Crippen LogP contribution in [0, 0.1) is 11.3 Å². The van der Waals surface area contributed by atoms with E-state index in [-0.39, 0.29) is 5.82 Å². The van der Waals surface area contributed by atoms with Crippen LogP contribution in [0.2, 0.25) is 0 Å². The molecule has 0 unspecified atom stereocenters. The third-order valence-corrected chi connectivity index (χ3v) is 3.89. The number of hydrogen-bond donors (Lipinski definition) is 1. The van der Waals surface area contributed by atoms with E-state index >= 15 is 0 Å². The van der Waals surface area contributed by atoms with Crippen LogP contribution < -0.4 is 5.43 Å². The van der Waals surface area contributed by atoms with E-state index < -0.39 is 12.6 Å². The molecule has 0 aliphatic heterocycles. The quantitative estimate of drug-likeness (QED) is 0.680. The monoisotopic (exact) mass is 364 g/mol. The second kappa shape index (κ2) is 8.10. The van der Waals surface area contributed by atoms with E-state index in [1.165, 1.54) is 16.0 Å². The lowest BCUT2D eigenvalue weighted by Gasteiger charge is -2.19. The minimum atomic E-state index is -0.580. The van der Waals surface area contributed by atoms with Crippen molar-refractivity contribution < 1.29 is 9.18 Å². The minimum Gasteiger partial charge on any atom is -0.296 e. The average molecular weight is 364 g/mol. The maximum absolute atomic E-state index is 12.8. The Kier molecular flexibility index (Phi) is 5.42. The molecule has 0 aliphatic carbocycles. The van der Waals surface area contributed by atoms with Gasteiger partial charge in [0.05, 0.1) is 23.9 Å². The lowest BCUT2D eigenvalue weighted by atomic mass is 10.1. The molecule has 0 spiro atoms. The van der Waals surface area contributed by atoms with Gasteiger partial charge in [0, 0.05) is 7.05 Å². The van der Waals surface area contributed by atoms with Gasteiger partial charge in [-0.25, -0.2) is 14.1 Å². The predicted octanol–water partition coefficient (Wildman–Crippen LogP) is 2.90. The van der Waals surface area contributed by atoms with E-state index in [0.717, 1.165) is 5.56 Å². The van der Waals surface area contributed by atoms with Crippen LogP contribution in [0.3, 0.4) is 0 Å². The Morgan fingerprint density at radius 3 is 2.74 bits per heavy atom. The van der Waals surface area contributed by atoms with Crippen molar-refractivity contribution in [2.75, 3.05) is 12.5 Å². The minimum absolute atomic E-state index is 0.125. The molecule has 0 bridgehead atoms. The van der Waals surface area contributed by atoms with Gasteiger partial charge in [0.1, 0.15) is 13.0 Å². The fourth-order valence-electron chi connectivity index (χ4n) is 2.54. The van der Waals surface area contributed by atoms with Gasteiger partial charge in [0.2, 0.25) is 5.82 Å². The van der Waals surface area contributed by atoms with Gasteiger partial charge < -0.3 is 0 Å². The number of amides is 1. The number of nitriles is 1. The number of hydrogen-bond acceptors (Lipinski definition) is 5. The number of carbonyl (C=O) groups excluding carboxylic acids is 1. The molecule has 3 aromatic rings. The third kappa shape index (κ3) is 4.10. The Morgan fingerprint density at radius 1 is 1.26 bits per heavy atom. The molecule has 0 aliphatic rings. The molecule has 0 fully saturated rings. The van der Waals surface area contributed by atoms with Gasteiger partial charge in [-0.15, -0.1) is 0 Å². The Morgan fingerprint density at radius 2 is 2.04 bits per heavy atom. The van der Waals surface area contributed by atoms with Gasteiger partial charge in [-0.05, 0) is 35.4 Å². The van der Waals surface area contributed by atoms with Gasteiger partial charge in [-0.3, -0.25) is 15.2 Å². The second-order valence-corrected chi connectivity index (χ2v) is 5.81. The summed E-state index contributed by atoms with van der Waals surface area (Å²) in [6.45, 7) is -0.580. The highest BCUT2D eigenvalue weighted by Gasteiger charge is 2.19. The molecule has 1 aromatic heterocycles. The van der Waals surface area contributed by atoms with Gasteiger partial charge in [0.25, 0.3) is 0 Å². The van der Waals surface area contributed by atoms with Crippen LogP contribution in [-0.2, 0) is 13.1 Å². The van der Waals surface area contributed by atoms with E-state index in [4.69, 9.17) is 5.26 Å². The topological polar surface area (TPSA) is 86.8 Å². The van der Waals surface area contributed by atoms with Crippen molar-refractivity contribution in [1.29, 1.82) is 5.26 Å². The number of halogens is 1. The zero-order chi connectivity index (χ0) is 19.2. The van der Waals surface area contributed by atoms with Gasteiger partial charge >= 0.3 is 5.91 Å². The molecular formula is C19H17FN6O. The summed E-state index contributed by atoms with van der Waals surface area (Å²) in [5, 5.41) is 14.1. The summed E-state index contributed by atoms with van der Waals surface area (Å²) in [6.07, 6.45) is 1.61. The number of nitrogens with one attached hydrogen (secondary N) is 1. The van der Waals surface area contributed by atoms with Crippen LogP contribution in [0.4, 0.5) is 10.1 Å². The first-order valence-corrected chi connectivity index (χ1v) is 8.18. The Hall–Kier alpha value is -3.73. The summed E-state index contributed by atoms with van der Waals surface area (Å²) in [5.41, 5.74) is 5.55. The molecule has 1 amide bonds. The zero-order valence-corrected chi connectivity index (χ0v) is 14.6. The predicted molar refractivity (Wildman–Crippen MR) is 97.6 cm³/mol. The summed E-state index contributed by atoms with van der Waals surface area (Å²) in [4.78, 5) is 16.8. The number of carbonyl (C=O) groups is 1. The molecule has 0 saturated heterocycles. The molecule has 0 radical (unpaired) electrons. The molecule has 8 heteroatoms. The number of rotatable bonds is 6. The van der Waals surface area contributed by atoms with Gasteiger partial charge in [-0.1, -0.05) is 24.3 Å². The first kappa shape index (κ1) is 18.1. The van der Waals surface area contributed by atoms with Crippen LogP contribution in [0.5, 0.6) is 0 Å². The summed E-state index contributed by atoms with van der Waals surface area (Å²) < 4.78 is 14.2. The van der Waals surface area contributed by atoms with Crippen molar-refractivity contribution in [2.24, 2.45) is 0 Å². The number of benzene rings is 2. The molecular weight excluding hydrogens is 347 g/mol. The van der Waals surface area contributed by atoms with Crippen molar-refractivity contribution in [1.82, 2.24) is 19.8 Å². The SMILES string of the molecule is CN(Nc1cccc(CF)c1)C(=O)c1ncnn1-c1ccc(CC#N)cc1. The van der Waals surface area contributed by atoms with E-state index in [2.05, 4.69) is 21.6 Å². The molecule has 7 nitrogen and oxygen atoms in total. The average Bonchev–Trinajstić information content (AvgIpc) is 3.18. The van der Waals surface area contributed by atoms with Crippen molar-refractivity contribution in [3.8, 4) is 11.8 Å². The number of hydrazine groups is 1. The Labute approximate surface area is 155 Å². The van der Waals surface area contributed by atoms with Crippen molar-refractivity contribution in [3.05, 3.63) is 71.8 Å². The van der Waals surface area contributed by atoms with E-state index in [1.54, 1.807) is 55.6 Å². The molecule has 27 heavy (non-hydrogen) atoms. The standard InChI is InChI=1S/C19H17FN6O/c1-25(24-16-4-2-3-15(11-16)12-20)19(27)18-22-13-23-26(18)17-7-5-14(6-8-17)9-10-21/h2-8,11,13,24H,9,12H2,1H3. The summed E-state index contributed by atoms with van der Waals surface area (Å²) in [7, 11) is 1.56. The third-order valence-electron chi connectivity index (χ3n) is 3.89. The Bertz CT molecular complexity index is 976. The van der Waals surface area contributed by atoms with E-state index in [9.17, 15) is 9.18 Å². The molecule has 3 rings (SSSR count). The smallest absolute Gasteiger partial charge is 0.296 e. The van der Waals surface area contributed by atoms with Crippen LogP contribution in [0.25, 0.3) is 5.69 Å². The highest BCUT2D eigenvalue weighted by atomic mass is 19.1. The zero-order valence-electron chi connectivity index (χ0n) is 14.6. The van der Waals surface area contributed by atoms with E-state index in [1.807, 2.05) is 0 Å². The lowest BCUT2D eigenvalue weighted by molar-refractivity contribution is 0.0811. The molecule has 2 aromatic carbocycles. The first-order chi connectivity index (χ1) is 13.1. The van der Waals surface area contributed by atoms with Crippen LogP contribution in [0.15, 0.2) is 54.9 Å². The molecule has 136 valence electrons. The summed E-state index contributed by atoms with van der Waals surface area (Å²) >= 11 is 0. The fourth-order valence-corrected chi connectivity index (χ4v) is 2.54. The van der Waals surface area contributed by atoms with Crippen LogP contribution >= 0.6 is 0 Å².